The molecule has 0 aliphatic carbocycles. The maximum atomic E-state index is 12.5. The first kappa shape index (κ1) is 14.6. The molecule has 0 fully saturated rings. The number of hydrogen-bond donors (Lipinski definition) is 1. The van der Waals surface area contributed by atoms with Crippen molar-refractivity contribution < 1.29 is 13.2 Å². The molecule has 2 aromatic rings. The zero-order valence-electron chi connectivity index (χ0n) is 11.3. The first-order valence-corrected chi connectivity index (χ1v) is 6.36. The minimum Gasteiger partial charge on any atom is -0.313 e. The number of nitrogens with zero attached hydrogens (tertiary/aromatic N) is 2. The van der Waals surface area contributed by atoms with Crippen LogP contribution in [0.5, 0.6) is 0 Å². The van der Waals surface area contributed by atoms with E-state index in [9.17, 15) is 13.2 Å². The van der Waals surface area contributed by atoms with Gasteiger partial charge in [-0.1, -0.05) is 19.1 Å². The molecule has 1 atom stereocenters. The van der Waals surface area contributed by atoms with Crippen molar-refractivity contribution in [3.05, 3.63) is 47.8 Å². The highest BCUT2D eigenvalue weighted by Gasteiger charge is 2.33. The summed E-state index contributed by atoms with van der Waals surface area (Å²) in [6.07, 6.45) is -2.16. The van der Waals surface area contributed by atoms with Crippen molar-refractivity contribution in [3.63, 3.8) is 0 Å². The summed E-state index contributed by atoms with van der Waals surface area (Å²) in [6.45, 7) is 2.07. The van der Waals surface area contributed by atoms with Crippen LogP contribution in [0.4, 0.5) is 13.2 Å². The van der Waals surface area contributed by atoms with Crippen molar-refractivity contribution in [2.24, 2.45) is 0 Å². The first-order valence-electron chi connectivity index (χ1n) is 6.36. The number of hydrogen-bond acceptors (Lipinski definition) is 2. The summed E-state index contributed by atoms with van der Waals surface area (Å²) in [5, 5.41) is 6.72. The summed E-state index contributed by atoms with van der Waals surface area (Å²) in [7, 11) is 1.88. The van der Waals surface area contributed by atoms with Gasteiger partial charge in [0.05, 0.1) is 5.69 Å². The fourth-order valence-corrected chi connectivity index (χ4v) is 2.08. The molecular weight excluding hydrogens is 267 g/mol. The van der Waals surface area contributed by atoms with Crippen LogP contribution >= 0.6 is 0 Å². The van der Waals surface area contributed by atoms with Gasteiger partial charge in [-0.05, 0) is 37.2 Å². The van der Waals surface area contributed by atoms with E-state index >= 15 is 0 Å². The zero-order chi connectivity index (χ0) is 14.8. The highest BCUT2D eigenvalue weighted by atomic mass is 19.4. The molecule has 1 unspecified atom stereocenters. The second-order valence-corrected chi connectivity index (χ2v) is 4.48. The van der Waals surface area contributed by atoms with Gasteiger partial charge in [-0.3, -0.25) is 0 Å². The Morgan fingerprint density at radius 2 is 1.85 bits per heavy atom. The van der Waals surface area contributed by atoms with Crippen LogP contribution in [0.1, 0.15) is 30.6 Å². The van der Waals surface area contributed by atoms with Crippen LogP contribution in [-0.2, 0) is 6.18 Å². The third kappa shape index (κ3) is 3.01. The molecule has 0 saturated heterocycles. The van der Waals surface area contributed by atoms with E-state index in [1.165, 1.54) is 10.9 Å². The van der Waals surface area contributed by atoms with E-state index in [2.05, 4.69) is 17.3 Å². The molecule has 0 spiro atoms. The fourth-order valence-electron chi connectivity index (χ4n) is 2.08. The number of benzene rings is 1. The topological polar surface area (TPSA) is 29.9 Å². The standard InChI is InChI=1S/C14H16F3N3/c1-3-12(18-2)10-4-6-11(7-5-10)20-9-8-13(19-20)14(15,16)17/h4-9,12,18H,3H2,1-2H3. The summed E-state index contributed by atoms with van der Waals surface area (Å²) < 4.78 is 38.7. The van der Waals surface area contributed by atoms with Gasteiger partial charge in [-0.25, -0.2) is 4.68 Å². The molecule has 6 heteroatoms. The second-order valence-electron chi connectivity index (χ2n) is 4.48. The van der Waals surface area contributed by atoms with Crippen molar-refractivity contribution >= 4 is 0 Å². The third-order valence-electron chi connectivity index (χ3n) is 3.20. The molecule has 3 nitrogen and oxygen atoms in total. The predicted molar refractivity (Wildman–Crippen MR) is 70.7 cm³/mol. The van der Waals surface area contributed by atoms with E-state index in [0.717, 1.165) is 18.1 Å². The van der Waals surface area contributed by atoms with Gasteiger partial charge in [0.25, 0.3) is 0 Å². The highest BCUT2D eigenvalue weighted by Crippen LogP contribution is 2.28. The molecule has 0 bridgehead atoms. The lowest BCUT2D eigenvalue weighted by Gasteiger charge is -2.14. The molecule has 2 rings (SSSR count). The molecule has 0 radical (unpaired) electrons. The number of rotatable bonds is 4. The van der Waals surface area contributed by atoms with Gasteiger partial charge >= 0.3 is 6.18 Å². The average molecular weight is 283 g/mol. The van der Waals surface area contributed by atoms with Gasteiger partial charge in [0, 0.05) is 12.2 Å². The van der Waals surface area contributed by atoms with Crippen LogP contribution in [-0.4, -0.2) is 16.8 Å². The van der Waals surface area contributed by atoms with E-state index in [4.69, 9.17) is 0 Å². The molecule has 20 heavy (non-hydrogen) atoms. The Hall–Kier alpha value is -1.82. The Kier molecular flexibility index (Phi) is 4.13. The molecule has 1 N–H and O–H groups in total. The Bertz CT molecular complexity index is 554. The number of alkyl halides is 3. The van der Waals surface area contributed by atoms with Crippen molar-refractivity contribution in [2.75, 3.05) is 7.05 Å². The van der Waals surface area contributed by atoms with E-state index in [0.29, 0.717) is 5.69 Å². The largest absolute Gasteiger partial charge is 0.435 e. The van der Waals surface area contributed by atoms with Gasteiger partial charge in [-0.15, -0.1) is 0 Å². The van der Waals surface area contributed by atoms with Crippen molar-refractivity contribution in [1.82, 2.24) is 15.1 Å². The minimum absolute atomic E-state index is 0.243. The maximum absolute atomic E-state index is 12.5. The summed E-state index contributed by atoms with van der Waals surface area (Å²) in [5.41, 5.74) is 0.820. The van der Waals surface area contributed by atoms with Crippen LogP contribution in [0.3, 0.4) is 0 Å². The van der Waals surface area contributed by atoms with Gasteiger partial charge < -0.3 is 5.32 Å². The van der Waals surface area contributed by atoms with Gasteiger partial charge in [-0.2, -0.15) is 18.3 Å². The summed E-state index contributed by atoms with van der Waals surface area (Å²) >= 11 is 0. The normalized spacial score (nSPS) is 13.4. The Balaban J connectivity index is 2.24. The second kappa shape index (κ2) is 5.66. The Morgan fingerprint density at radius 3 is 2.30 bits per heavy atom. The van der Waals surface area contributed by atoms with Crippen molar-refractivity contribution in [1.29, 1.82) is 0 Å². The van der Waals surface area contributed by atoms with Crippen LogP contribution in [0.2, 0.25) is 0 Å². The van der Waals surface area contributed by atoms with Crippen LogP contribution in [0, 0.1) is 0 Å². The van der Waals surface area contributed by atoms with Gasteiger partial charge in [0.1, 0.15) is 0 Å². The monoisotopic (exact) mass is 283 g/mol. The van der Waals surface area contributed by atoms with E-state index in [-0.39, 0.29) is 6.04 Å². The van der Waals surface area contributed by atoms with Gasteiger partial charge in [0.2, 0.25) is 0 Å². The molecule has 0 aliphatic rings. The van der Waals surface area contributed by atoms with E-state index in [1.54, 1.807) is 12.1 Å². The van der Waals surface area contributed by atoms with Crippen molar-refractivity contribution in [3.8, 4) is 5.69 Å². The van der Waals surface area contributed by atoms with E-state index < -0.39 is 11.9 Å². The molecule has 0 aliphatic heterocycles. The maximum Gasteiger partial charge on any atom is 0.435 e. The molecule has 108 valence electrons. The van der Waals surface area contributed by atoms with Crippen LogP contribution < -0.4 is 5.32 Å². The van der Waals surface area contributed by atoms with Crippen molar-refractivity contribution in [2.45, 2.75) is 25.6 Å². The minimum atomic E-state index is -4.41. The lowest BCUT2D eigenvalue weighted by Crippen LogP contribution is -2.15. The number of halogens is 3. The number of nitrogens with one attached hydrogen (secondary N) is 1. The third-order valence-corrected chi connectivity index (χ3v) is 3.20. The van der Waals surface area contributed by atoms with Crippen LogP contribution in [0.25, 0.3) is 5.69 Å². The SMILES string of the molecule is CCC(NC)c1ccc(-n2ccc(C(F)(F)F)n2)cc1. The van der Waals surface area contributed by atoms with Crippen LogP contribution in [0.15, 0.2) is 36.5 Å². The molecule has 1 aromatic carbocycles. The highest BCUT2D eigenvalue weighted by molar-refractivity contribution is 5.35. The molecule has 1 aromatic heterocycles. The van der Waals surface area contributed by atoms with Gasteiger partial charge in [0.15, 0.2) is 5.69 Å². The zero-order valence-corrected chi connectivity index (χ0v) is 11.3. The quantitative estimate of drug-likeness (QED) is 0.929. The smallest absolute Gasteiger partial charge is 0.313 e. The molecule has 0 amide bonds. The predicted octanol–water partition coefficient (Wildman–Crippen LogP) is 3.56. The Labute approximate surface area is 115 Å². The summed E-state index contributed by atoms with van der Waals surface area (Å²) in [5.74, 6) is 0. The first-order chi connectivity index (χ1) is 9.45. The average Bonchev–Trinajstić information content (AvgIpc) is 2.90. The van der Waals surface area contributed by atoms with E-state index in [1.807, 2.05) is 19.2 Å². The fraction of sp³-hybridized carbons (Fsp3) is 0.357. The summed E-state index contributed by atoms with van der Waals surface area (Å²) in [4.78, 5) is 0. The number of aromatic nitrogens is 2. The molecule has 0 saturated carbocycles. The Morgan fingerprint density at radius 1 is 1.20 bits per heavy atom. The lowest BCUT2D eigenvalue weighted by molar-refractivity contribution is -0.141. The molecular formula is C14H16F3N3. The molecule has 1 heterocycles. The lowest BCUT2D eigenvalue weighted by atomic mass is 10.0. The summed E-state index contributed by atoms with van der Waals surface area (Å²) in [6, 6.07) is 8.54.